The van der Waals surface area contributed by atoms with Gasteiger partial charge in [-0.05, 0) is 29.8 Å². The van der Waals surface area contributed by atoms with Crippen molar-refractivity contribution in [2.75, 3.05) is 18.5 Å². The Morgan fingerprint density at radius 2 is 1.75 bits per heavy atom. The first-order valence-electron chi connectivity index (χ1n) is 10.2. The van der Waals surface area contributed by atoms with Crippen LogP contribution in [0.4, 0.5) is 10.1 Å². The molecule has 2 aliphatic heterocycles. The molecule has 5 nitrogen and oxygen atoms in total. The number of rotatable bonds is 4. The first-order chi connectivity index (χ1) is 15.4. The molecule has 0 spiro atoms. The van der Waals surface area contributed by atoms with Crippen LogP contribution < -0.4 is 4.90 Å². The molecule has 5 rings (SSSR count). The van der Waals surface area contributed by atoms with Gasteiger partial charge < -0.3 is 14.5 Å². The van der Waals surface area contributed by atoms with E-state index in [1.165, 1.54) is 15.9 Å². The molecule has 0 N–H and O–H groups in total. The third kappa shape index (κ3) is 2.94. The number of β-lactam (4-membered cyclic amide) rings is 1. The maximum absolute atomic E-state index is 15.3. The molecule has 0 unspecified atom stereocenters. The number of likely N-dealkylation sites (N-methyl/N-ethyl adjacent to an activating group) is 1. The lowest BCUT2D eigenvalue weighted by Crippen LogP contribution is -2.73. The van der Waals surface area contributed by atoms with E-state index >= 15 is 4.39 Å². The first-order valence-corrected chi connectivity index (χ1v) is 10.6. The first kappa shape index (κ1) is 20.7. The summed E-state index contributed by atoms with van der Waals surface area (Å²) in [5.74, 6) is -1.12. The van der Waals surface area contributed by atoms with Gasteiger partial charge in [0.15, 0.2) is 6.10 Å². The van der Waals surface area contributed by atoms with Crippen molar-refractivity contribution in [3.8, 4) is 0 Å². The lowest BCUT2D eigenvalue weighted by Gasteiger charge is -2.56. The minimum Gasteiger partial charge on any atom is -0.360 e. The molecule has 0 saturated carbocycles. The SMILES string of the molecule is CN1C(=O)CN2C(=O)[C@@H](OCc3ccccc3)[C@]2(c2ccccc2F)c2cc(Cl)ccc21. The summed E-state index contributed by atoms with van der Waals surface area (Å²) in [4.78, 5) is 29.1. The summed E-state index contributed by atoms with van der Waals surface area (Å²) in [7, 11) is 1.64. The maximum atomic E-state index is 15.3. The molecule has 2 atom stereocenters. The van der Waals surface area contributed by atoms with E-state index in [2.05, 4.69) is 0 Å². The van der Waals surface area contributed by atoms with E-state index in [0.29, 0.717) is 16.3 Å². The summed E-state index contributed by atoms with van der Waals surface area (Å²) in [6, 6.07) is 20.8. The minimum absolute atomic E-state index is 0.168. The van der Waals surface area contributed by atoms with E-state index in [1.54, 1.807) is 43.4 Å². The Hall–Kier alpha value is -3.22. The number of fused-ring (bicyclic) bond motifs is 3. The Bertz CT molecular complexity index is 1220. The molecule has 2 heterocycles. The van der Waals surface area contributed by atoms with Gasteiger partial charge in [0.25, 0.3) is 5.91 Å². The van der Waals surface area contributed by atoms with Gasteiger partial charge in [-0.1, -0.05) is 60.1 Å². The van der Waals surface area contributed by atoms with Gasteiger partial charge in [-0.2, -0.15) is 0 Å². The topological polar surface area (TPSA) is 49.9 Å². The quantitative estimate of drug-likeness (QED) is 0.562. The van der Waals surface area contributed by atoms with Crippen LogP contribution in [0.25, 0.3) is 0 Å². The predicted molar refractivity (Wildman–Crippen MR) is 119 cm³/mol. The molecule has 32 heavy (non-hydrogen) atoms. The Morgan fingerprint density at radius 1 is 1.03 bits per heavy atom. The molecule has 0 bridgehead atoms. The van der Waals surface area contributed by atoms with Gasteiger partial charge in [0.1, 0.15) is 17.9 Å². The van der Waals surface area contributed by atoms with Crippen molar-refractivity contribution in [2.24, 2.45) is 0 Å². The number of amides is 2. The van der Waals surface area contributed by atoms with Gasteiger partial charge >= 0.3 is 0 Å². The fourth-order valence-corrected chi connectivity index (χ4v) is 4.86. The maximum Gasteiger partial charge on any atom is 0.256 e. The Balaban J connectivity index is 1.72. The predicted octanol–water partition coefficient (Wildman–Crippen LogP) is 4.13. The summed E-state index contributed by atoms with van der Waals surface area (Å²) < 4.78 is 21.4. The van der Waals surface area contributed by atoms with Crippen molar-refractivity contribution < 1.29 is 18.7 Å². The third-order valence-corrected chi connectivity index (χ3v) is 6.47. The van der Waals surface area contributed by atoms with Crippen molar-refractivity contribution in [3.63, 3.8) is 0 Å². The van der Waals surface area contributed by atoms with Crippen molar-refractivity contribution >= 4 is 29.1 Å². The molecule has 2 aliphatic rings. The van der Waals surface area contributed by atoms with Crippen molar-refractivity contribution in [2.45, 2.75) is 18.2 Å². The van der Waals surface area contributed by atoms with Crippen LogP contribution in [0.5, 0.6) is 0 Å². The number of carbonyl (C=O) groups is 2. The van der Waals surface area contributed by atoms with Crippen molar-refractivity contribution in [1.29, 1.82) is 0 Å². The van der Waals surface area contributed by atoms with E-state index < -0.39 is 17.5 Å². The Labute approximate surface area is 190 Å². The molecule has 7 heteroatoms. The van der Waals surface area contributed by atoms with E-state index in [-0.39, 0.29) is 30.5 Å². The number of ether oxygens (including phenoxy) is 1. The van der Waals surface area contributed by atoms with Gasteiger partial charge in [-0.3, -0.25) is 9.59 Å². The number of halogens is 2. The van der Waals surface area contributed by atoms with Crippen molar-refractivity contribution in [3.05, 3.63) is 100 Å². The molecule has 2 amide bonds. The molecule has 3 aromatic rings. The Kier molecular flexibility index (Phi) is 4.99. The highest BCUT2D eigenvalue weighted by Gasteiger charge is 2.66. The summed E-state index contributed by atoms with van der Waals surface area (Å²) in [6.45, 7) is -0.0257. The van der Waals surface area contributed by atoms with Crippen LogP contribution in [0.2, 0.25) is 5.02 Å². The summed E-state index contributed by atoms with van der Waals surface area (Å²) in [5.41, 5.74) is 0.949. The standard InChI is InChI=1S/C25H20ClFN2O3/c1-28-21-12-11-17(26)13-19(21)25(18-9-5-6-10-20(18)27)23(24(31)29(25)14-22(28)30)32-15-16-7-3-2-4-8-16/h2-13,23H,14-15H2,1H3/t23-,25+/m1/s1. The second kappa shape index (κ2) is 7.73. The molecule has 1 saturated heterocycles. The second-order valence-corrected chi connectivity index (χ2v) is 8.40. The van der Waals surface area contributed by atoms with Gasteiger partial charge in [0, 0.05) is 28.9 Å². The average Bonchev–Trinajstić information content (AvgIpc) is 2.88. The lowest BCUT2D eigenvalue weighted by atomic mass is 9.69. The highest BCUT2D eigenvalue weighted by molar-refractivity contribution is 6.30. The van der Waals surface area contributed by atoms with Crippen LogP contribution in [0.1, 0.15) is 16.7 Å². The zero-order valence-corrected chi connectivity index (χ0v) is 18.1. The molecule has 0 aromatic heterocycles. The van der Waals surface area contributed by atoms with Crippen LogP contribution in [0.15, 0.2) is 72.8 Å². The highest BCUT2D eigenvalue weighted by atomic mass is 35.5. The zero-order chi connectivity index (χ0) is 22.5. The second-order valence-electron chi connectivity index (χ2n) is 7.96. The van der Waals surface area contributed by atoms with Crippen LogP contribution in [0.3, 0.4) is 0 Å². The van der Waals surface area contributed by atoms with E-state index in [4.69, 9.17) is 16.3 Å². The van der Waals surface area contributed by atoms with Gasteiger partial charge in [-0.15, -0.1) is 0 Å². The minimum atomic E-state index is -1.32. The molecule has 162 valence electrons. The van der Waals surface area contributed by atoms with Crippen LogP contribution >= 0.6 is 11.6 Å². The molecular weight excluding hydrogens is 431 g/mol. The van der Waals surface area contributed by atoms with E-state index in [9.17, 15) is 9.59 Å². The van der Waals surface area contributed by atoms with E-state index in [1.807, 2.05) is 30.3 Å². The summed E-state index contributed by atoms with van der Waals surface area (Å²) >= 11 is 6.36. The molecule has 1 fully saturated rings. The van der Waals surface area contributed by atoms with Crippen molar-refractivity contribution in [1.82, 2.24) is 4.90 Å². The summed E-state index contributed by atoms with van der Waals surface area (Å²) in [5, 5.41) is 0.420. The smallest absolute Gasteiger partial charge is 0.256 e. The van der Waals surface area contributed by atoms with Crippen LogP contribution in [-0.2, 0) is 26.5 Å². The molecule has 0 aliphatic carbocycles. The summed E-state index contributed by atoms with van der Waals surface area (Å²) in [6.07, 6.45) is -1.02. The fraction of sp³-hybridized carbons (Fsp3) is 0.200. The van der Waals surface area contributed by atoms with Crippen LogP contribution in [0, 0.1) is 5.82 Å². The number of anilines is 1. The van der Waals surface area contributed by atoms with Gasteiger partial charge in [0.05, 0.1) is 6.61 Å². The number of carbonyl (C=O) groups excluding carboxylic acids is 2. The number of hydrogen-bond acceptors (Lipinski definition) is 3. The number of nitrogens with zero attached hydrogens (tertiary/aromatic N) is 2. The third-order valence-electron chi connectivity index (χ3n) is 6.24. The highest BCUT2D eigenvalue weighted by Crippen LogP contribution is 2.54. The van der Waals surface area contributed by atoms with Crippen LogP contribution in [-0.4, -0.2) is 36.4 Å². The molecule has 0 radical (unpaired) electrons. The zero-order valence-electron chi connectivity index (χ0n) is 17.3. The monoisotopic (exact) mass is 450 g/mol. The van der Waals surface area contributed by atoms with Gasteiger partial charge in [0.2, 0.25) is 5.91 Å². The normalized spacial score (nSPS) is 22.2. The van der Waals surface area contributed by atoms with E-state index in [0.717, 1.165) is 5.56 Å². The largest absolute Gasteiger partial charge is 0.360 e. The number of hydrogen-bond donors (Lipinski definition) is 0. The molecule has 3 aromatic carbocycles. The fourth-order valence-electron chi connectivity index (χ4n) is 4.69. The lowest BCUT2D eigenvalue weighted by molar-refractivity contribution is -0.192. The average molecular weight is 451 g/mol. The number of benzene rings is 3. The Morgan fingerprint density at radius 3 is 2.50 bits per heavy atom. The molecular formula is C25H20ClFN2O3. The van der Waals surface area contributed by atoms with Gasteiger partial charge in [-0.25, -0.2) is 4.39 Å².